The molecule has 0 radical (unpaired) electrons. The van der Waals surface area contributed by atoms with Crippen molar-refractivity contribution in [3.8, 4) is 0 Å². The van der Waals surface area contributed by atoms with Gasteiger partial charge in [0.2, 0.25) is 0 Å². The maximum absolute atomic E-state index is 6.12. The van der Waals surface area contributed by atoms with Crippen molar-refractivity contribution in [2.75, 3.05) is 0 Å². The number of hydrogen-bond acceptors (Lipinski definition) is 3. The Morgan fingerprint density at radius 3 is 2.57 bits per heavy atom. The van der Waals surface area contributed by atoms with E-state index in [-0.39, 0.29) is 18.3 Å². The Morgan fingerprint density at radius 1 is 1.13 bits per heavy atom. The van der Waals surface area contributed by atoms with E-state index in [9.17, 15) is 0 Å². The molecule has 1 aliphatic heterocycles. The monoisotopic (exact) mass is 310 g/mol. The Labute approximate surface area is 137 Å². The second-order valence-corrected chi connectivity index (χ2v) is 7.60. The first kappa shape index (κ1) is 15.0. The molecule has 1 unspecified atom stereocenters. The standard InChI is InChI=1S/C18H23BN2O2/c1-17(2)18(3,4)23-19(22-17)14-11-20-21(12-14)16-10-9-13-7-5-6-8-15(13)16/h5-8,11-12,16H,9-10H2,1-4H3. The molecule has 0 N–H and O–H groups in total. The van der Waals surface area contributed by atoms with E-state index in [4.69, 9.17) is 9.31 Å². The first-order valence-electron chi connectivity index (χ1n) is 8.35. The molecule has 1 atom stereocenters. The van der Waals surface area contributed by atoms with Crippen molar-refractivity contribution >= 4 is 12.6 Å². The lowest BCUT2D eigenvalue weighted by atomic mass is 9.82. The first-order valence-corrected chi connectivity index (χ1v) is 8.35. The quantitative estimate of drug-likeness (QED) is 0.800. The topological polar surface area (TPSA) is 36.3 Å². The molecule has 4 rings (SSSR count). The molecular formula is C18H23BN2O2. The Hall–Kier alpha value is -1.59. The van der Waals surface area contributed by atoms with E-state index in [0.29, 0.717) is 6.04 Å². The number of hydrogen-bond donors (Lipinski definition) is 0. The summed E-state index contributed by atoms with van der Waals surface area (Å²) in [5.74, 6) is 0. The molecule has 1 saturated heterocycles. The fraction of sp³-hybridized carbons (Fsp3) is 0.500. The van der Waals surface area contributed by atoms with Gasteiger partial charge in [-0.2, -0.15) is 5.10 Å². The Balaban J connectivity index is 1.60. The summed E-state index contributed by atoms with van der Waals surface area (Å²) in [6.07, 6.45) is 6.17. The van der Waals surface area contributed by atoms with Crippen LogP contribution >= 0.6 is 0 Å². The summed E-state index contributed by atoms with van der Waals surface area (Å²) in [6, 6.07) is 8.97. The predicted molar refractivity (Wildman–Crippen MR) is 90.8 cm³/mol. The van der Waals surface area contributed by atoms with Gasteiger partial charge in [-0.1, -0.05) is 24.3 Å². The Morgan fingerprint density at radius 2 is 1.83 bits per heavy atom. The molecule has 0 amide bonds. The van der Waals surface area contributed by atoms with Gasteiger partial charge in [0.15, 0.2) is 0 Å². The summed E-state index contributed by atoms with van der Waals surface area (Å²) in [4.78, 5) is 0. The fourth-order valence-corrected chi connectivity index (χ4v) is 3.43. The molecule has 1 aromatic carbocycles. The lowest BCUT2D eigenvalue weighted by molar-refractivity contribution is 0.00578. The van der Waals surface area contributed by atoms with E-state index in [0.717, 1.165) is 18.3 Å². The van der Waals surface area contributed by atoms with E-state index < -0.39 is 0 Å². The predicted octanol–water partition coefficient (Wildman–Crippen LogP) is 2.72. The van der Waals surface area contributed by atoms with E-state index in [1.54, 1.807) is 0 Å². The van der Waals surface area contributed by atoms with Gasteiger partial charge < -0.3 is 9.31 Å². The molecule has 2 heterocycles. The molecule has 1 fully saturated rings. The molecule has 5 heteroatoms. The number of nitrogens with zero attached hydrogens (tertiary/aromatic N) is 2. The lowest BCUT2D eigenvalue weighted by Crippen LogP contribution is -2.41. The lowest BCUT2D eigenvalue weighted by Gasteiger charge is -2.32. The molecule has 0 bridgehead atoms. The maximum Gasteiger partial charge on any atom is 0.498 e. The van der Waals surface area contributed by atoms with Crippen LogP contribution in [0.25, 0.3) is 0 Å². The average molecular weight is 310 g/mol. The van der Waals surface area contributed by atoms with E-state index in [2.05, 4.69) is 67.9 Å². The highest BCUT2D eigenvalue weighted by molar-refractivity contribution is 6.62. The first-order chi connectivity index (χ1) is 10.9. The normalized spacial score (nSPS) is 24.9. The highest BCUT2D eigenvalue weighted by atomic mass is 16.7. The van der Waals surface area contributed by atoms with Crippen molar-refractivity contribution in [2.45, 2.75) is 57.8 Å². The highest BCUT2D eigenvalue weighted by Gasteiger charge is 2.52. The van der Waals surface area contributed by atoms with Crippen molar-refractivity contribution in [3.63, 3.8) is 0 Å². The third-order valence-corrected chi connectivity index (χ3v) is 5.57. The maximum atomic E-state index is 6.12. The van der Waals surface area contributed by atoms with Crippen molar-refractivity contribution in [2.24, 2.45) is 0 Å². The molecule has 0 spiro atoms. The molecule has 23 heavy (non-hydrogen) atoms. The van der Waals surface area contributed by atoms with E-state index in [1.807, 2.05) is 6.20 Å². The van der Waals surface area contributed by atoms with Gasteiger partial charge >= 0.3 is 7.12 Å². The van der Waals surface area contributed by atoms with E-state index in [1.165, 1.54) is 11.1 Å². The number of aromatic nitrogens is 2. The van der Waals surface area contributed by atoms with Crippen LogP contribution in [-0.4, -0.2) is 28.1 Å². The summed E-state index contributed by atoms with van der Waals surface area (Å²) in [5, 5.41) is 4.59. The van der Waals surface area contributed by atoms with Crippen LogP contribution in [0.1, 0.15) is 51.3 Å². The van der Waals surface area contributed by atoms with Crippen LogP contribution in [0.2, 0.25) is 0 Å². The zero-order valence-electron chi connectivity index (χ0n) is 14.2. The van der Waals surface area contributed by atoms with Gasteiger partial charge in [0.25, 0.3) is 0 Å². The van der Waals surface area contributed by atoms with Crippen LogP contribution in [0.5, 0.6) is 0 Å². The fourth-order valence-electron chi connectivity index (χ4n) is 3.43. The van der Waals surface area contributed by atoms with Gasteiger partial charge in [-0.05, 0) is 51.7 Å². The Kier molecular flexibility index (Phi) is 3.22. The van der Waals surface area contributed by atoms with Crippen LogP contribution in [0.15, 0.2) is 36.7 Å². The van der Waals surface area contributed by atoms with Crippen molar-refractivity contribution in [1.82, 2.24) is 9.78 Å². The molecule has 2 aliphatic rings. The van der Waals surface area contributed by atoms with Crippen molar-refractivity contribution < 1.29 is 9.31 Å². The number of aryl methyl sites for hydroxylation is 1. The largest absolute Gasteiger partial charge is 0.498 e. The van der Waals surface area contributed by atoms with Gasteiger partial charge in [-0.25, -0.2) is 0 Å². The molecule has 1 aliphatic carbocycles. The van der Waals surface area contributed by atoms with E-state index >= 15 is 0 Å². The molecule has 2 aromatic rings. The third kappa shape index (κ3) is 2.34. The second-order valence-electron chi connectivity index (χ2n) is 7.60. The smallest absolute Gasteiger partial charge is 0.399 e. The third-order valence-electron chi connectivity index (χ3n) is 5.57. The van der Waals surface area contributed by atoms with Crippen LogP contribution in [0, 0.1) is 0 Å². The Bertz CT molecular complexity index is 722. The van der Waals surface area contributed by atoms with Gasteiger partial charge in [0, 0.05) is 17.9 Å². The van der Waals surface area contributed by atoms with Gasteiger partial charge in [0.1, 0.15) is 0 Å². The summed E-state index contributed by atoms with van der Waals surface area (Å²) >= 11 is 0. The van der Waals surface area contributed by atoms with Gasteiger partial charge in [-0.3, -0.25) is 4.68 Å². The molecular weight excluding hydrogens is 287 g/mol. The van der Waals surface area contributed by atoms with Crippen LogP contribution in [-0.2, 0) is 15.7 Å². The summed E-state index contributed by atoms with van der Waals surface area (Å²) in [5.41, 5.74) is 3.17. The second kappa shape index (κ2) is 4.95. The van der Waals surface area contributed by atoms with Gasteiger partial charge in [0.05, 0.1) is 17.2 Å². The highest BCUT2D eigenvalue weighted by Crippen LogP contribution is 2.37. The van der Waals surface area contributed by atoms with Crippen LogP contribution < -0.4 is 5.46 Å². The summed E-state index contributed by atoms with van der Waals surface area (Å²) in [7, 11) is -0.342. The number of fused-ring (bicyclic) bond motifs is 1. The molecule has 120 valence electrons. The van der Waals surface area contributed by atoms with Crippen molar-refractivity contribution in [1.29, 1.82) is 0 Å². The van der Waals surface area contributed by atoms with Crippen LogP contribution in [0.4, 0.5) is 0 Å². The molecule has 0 saturated carbocycles. The number of benzene rings is 1. The van der Waals surface area contributed by atoms with Crippen molar-refractivity contribution in [3.05, 3.63) is 47.8 Å². The SMILES string of the molecule is CC1(C)OB(c2cnn(C3CCc4ccccc43)c2)OC1(C)C. The summed E-state index contributed by atoms with van der Waals surface area (Å²) in [6.45, 7) is 8.30. The van der Waals surface area contributed by atoms with Gasteiger partial charge in [-0.15, -0.1) is 0 Å². The molecule has 1 aromatic heterocycles. The zero-order chi connectivity index (χ0) is 16.2. The number of rotatable bonds is 2. The summed E-state index contributed by atoms with van der Waals surface area (Å²) < 4.78 is 14.3. The average Bonchev–Trinajstić information content (AvgIpc) is 3.16. The minimum atomic E-state index is -0.342. The minimum Gasteiger partial charge on any atom is -0.399 e. The van der Waals surface area contributed by atoms with Crippen LogP contribution in [0.3, 0.4) is 0 Å². The minimum absolute atomic E-state index is 0.320. The molecule has 4 nitrogen and oxygen atoms in total. The zero-order valence-corrected chi connectivity index (χ0v) is 14.2.